The van der Waals surface area contributed by atoms with Gasteiger partial charge in [-0.25, -0.2) is 9.18 Å². The molecule has 0 fully saturated rings. The van der Waals surface area contributed by atoms with E-state index in [9.17, 15) is 13.6 Å². The van der Waals surface area contributed by atoms with Gasteiger partial charge < -0.3 is 4.74 Å². The lowest BCUT2D eigenvalue weighted by Gasteiger charge is -2.10. The van der Waals surface area contributed by atoms with Gasteiger partial charge >= 0.3 is 5.97 Å². The van der Waals surface area contributed by atoms with Gasteiger partial charge in [-0.15, -0.1) is 0 Å². The third kappa shape index (κ3) is 8.46. The van der Waals surface area contributed by atoms with Crippen molar-refractivity contribution < 1.29 is 36.6 Å². The number of rotatable bonds is 6. The minimum absolute atomic E-state index is 0.164. The third-order valence-electron chi connectivity index (χ3n) is 5.02. The molecular weight excluding hydrogens is 556 g/mol. The Morgan fingerprint density at radius 3 is 2.30 bits per heavy atom. The van der Waals surface area contributed by atoms with E-state index in [-0.39, 0.29) is 10.5 Å². The van der Waals surface area contributed by atoms with Crippen LogP contribution in [0.3, 0.4) is 0 Å². The van der Waals surface area contributed by atoms with E-state index in [0.717, 1.165) is 38.9 Å². The minimum atomic E-state index is -0.613. The van der Waals surface area contributed by atoms with E-state index in [4.69, 9.17) is 23.0 Å². The van der Waals surface area contributed by atoms with E-state index in [1.165, 1.54) is 12.1 Å². The van der Waals surface area contributed by atoms with Gasteiger partial charge in [0.1, 0.15) is 11.6 Å². The summed E-state index contributed by atoms with van der Waals surface area (Å²) in [5, 5.41) is 8.31. The number of pyridine rings is 1. The molecule has 0 atom stereocenters. The zero-order valence-corrected chi connectivity index (χ0v) is 21.5. The first-order chi connectivity index (χ1) is 19.7. The number of esters is 1. The summed E-state index contributed by atoms with van der Waals surface area (Å²) in [6, 6.07) is 24.5. The summed E-state index contributed by atoms with van der Waals surface area (Å²) in [6.45, 7) is 0. The Hall–Kier alpha value is -4.58. The molecule has 5 nitrogen and oxygen atoms in total. The van der Waals surface area contributed by atoms with Gasteiger partial charge in [0.25, 0.3) is 0 Å². The zero-order chi connectivity index (χ0) is 29.3. The molecule has 40 heavy (non-hydrogen) atoms. The molecule has 0 radical (unpaired) electrons. The van der Waals surface area contributed by atoms with Crippen LogP contribution in [0.5, 0.6) is 5.75 Å². The maximum absolute atomic E-state index is 14.8. The number of carbonyl (C=O) groups is 1. The smallest absolute Gasteiger partial charge is 0.344 e. The lowest BCUT2D eigenvalue weighted by Crippen LogP contribution is -2.10. The Balaban J connectivity index is 0.000000876. The number of nitrogens with zero attached hydrogens (tertiary/aromatic N) is 2. The number of hydrogen-bond donors (Lipinski definition) is 1. The topological polar surface area (TPSA) is 67.9 Å². The third-order valence-corrected chi connectivity index (χ3v) is 6.13. The van der Waals surface area contributed by atoms with Crippen molar-refractivity contribution in [2.24, 2.45) is 0 Å². The van der Waals surface area contributed by atoms with Crippen molar-refractivity contribution in [1.82, 2.24) is 15.2 Å². The number of ether oxygens (including phenoxy) is 1. The van der Waals surface area contributed by atoms with Crippen LogP contribution in [0.15, 0.2) is 101 Å². The van der Waals surface area contributed by atoms with Crippen LogP contribution in [-0.4, -0.2) is 28.3 Å². The molecule has 0 aliphatic carbocycles. The number of aromatic amines is 1. The van der Waals surface area contributed by atoms with Crippen LogP contribution >= 0.6 is 11.8 Å². The van der Waals surface area contributed by atoms with Crippen LogP contribution in [-0.2, 0) is 0 Å². The summed E-state index contributed by atoms with van der Waals surface area (Å²) in [7, 11) is 0.500. The second-order valence-corrected chi connectivity index (χ2v) is 8.41. The van der Waals surface area contributed by atoms with Crippen molar-refractivity contribution in [2.45, 2.75) is 9.79 Å². The molecular formula is C28H21F6N3O2S. The van der Waals surface area contributed by atoms with E-state index in [2.05, 4.69) is 15.2 Å². The lowest BCUT2D eigenvalue weighted by molar-refractivity contribution is 0.0730. The summed E-state index contributed by atoms with van der Waals surface area (Å²) in [4.78, 5) is 18.0. The lowest BCUT2D eigenvalue weighted by atomic mass is 10.2. The van der Waals surface area contributed by atoms with Crippen LogP contribution in [0.4, 0.5) is 27.1 Å². The Morgan fingerprint density at radius 1 is 0.875 bits per heavy atom. The quantitative estimate of drug-likeness (QED) is 0.124. The highest BCUT2D eigenvalue weighted by Gasteiger charge is 2.19. The summed E-state index contributed by atoms with van der Waals surface area (Å²) in [5.41, 5.74) is 2.57. The summed E-state index contributed by atoms with van der Waals surface area (Å²) < 4.78 is 61.7. The second kappa shape index (κ2) is 17.1. The molecule has 1 N–H and O–H groups in total. The molecule has 0 saturated carbocycles. The molecule has 0 spiro atoms. The molecule has 5 aromatic rings. The van der Waals surface area contributed by atoms with E-state index in [0.29, 0.717) is 12.9 Å². The molecule has 2 aromatic heterocycles. The van der Waals surface area contributed by atoms with Crippen molar-refractivity contribution in [2.75, 3.05) is 7.18 Å². The molecule has 5 rings (SSSR count). The van der Waals surface area contributed by atoms with Crippen molar-refractivity contribution >= 4 is 40.8 Å². The number of para-hydroxylation sites is 1. The average Bonchev–Trinajstić information content (AvgIpc) is 3.43. The normalized spacial score (nSPS) is 9.97. The number of aromatic nitrogens is 3. The molecule has 3 aromatic carbocycles. The highest BCUT2D eigenvalue weighted by Crippen LogP contribution is 2.35. The monoisotopic (exact) mass is 577 g/mol. The molecule has 208 valence electrons. The van der Waals surface area contributed by atoms with Crippen LogP contribution in [0.2, 0.25) is 0 Å². The van der Waals surface area contributed by atoms with Crippen molar-refractivity contribution in [3.63, 3.8) is 0 Å². The van der Waals surface area contributed by atoms with Crippen LogP contribution in [0, 0.1) is 5.82 Å². The maximum Gasteiger partial charge on any atom is 0.344 e. The van der Waals surface area contributed by atoms with Crippen LogP contribution < -0.4 is 4.74 Å². The predicted octanol–water partition coefficient (Wildman–Crippen LogP) is 8.90. The Labute approximate surface area is 229 Å². The Kier molecular flexibility index (Phi) is 13.5. The SMILES string of the molecule is CF.FF.FF.O=C(Oc1ccccc1)c1cccc(F)c1Sc1ccc2c(/C=C/c3ccccn3)n[nH]c2c1. The van der Waals surface area contributed by atoms with Gasteiger partial charge in [-0.05, 0) is 66.7 Å². The van der Waals surface area contributed by atoms with Gasteiger partial charge in [0.2, 0.25) is 0 Å². The number of nitrogens with one attached hydrogen (secondary N) is 1. The highest BCUT2D eigenvalue weighted by molar-refractivity contribution is 7.99. The number of halogens is 6. The molecule has 2 heterocycles. The van der Waals surface area contributed by atoms with Gasteiger partial charge in [-0.1, -0.05) is 42.1 Å². The summed E-state index contributed by atoms with van der Waals surface area (Å²) in [6.07, 6.45) is 5.52. The molecule has 0 saturated heterocycles. The van der Waals surface area contributed by atoms with Crippen molar-refractivity contribution in [3.8, 4) is 5.75 Å². The first-order valence-corrected chi connectivity index (χ1v) is 12.0. The van der Waals surface area contributed by atoms with E-state index in [1.54, 1.807) is 36.5 Å². The Morgan fingerprint density at radius 2 is 1.60 bits per heavy atom. The van der Waals surface area contributed by atoms with Gasteiger partial charge in [-0.3, -0.25) is 14.5 Å². The van der Waals surface area contributed by atoms with E-state index < -0.39 is 11.8 Å². The number of fused-ring (bicyclic) bond motifs is 1. The number of hydrogen-bond acceptors (Lipinski definition) is 5. The largest absolute Gasteiger partial charge is 0.423 e. The highest BCUT2D eigenvalue weighted by atomic mass is 32.2. The molecule has 0 unspecified atom stereocenters. The Bertz CT molecular complexity index is 1500. The van der Waals surface area contributed by atoms with Crippen LogP contribution in [0.25, 0.3) is 23.1 Å². The minimum Gasteiger partial charge on any atom is -0.423 e. The average molecular weight is 578 g/mol. The molecule has 0 aliphatic rings. The number of benzene rings is 3. The fourth-order valence-electron chi connectivity index (χ4n) is 3.39. The second-order valence-electron chi connectivity index (χ2n) is 7.33. The molecule has 0 bridgehead atoms. The predicted molar refractivity (Wildman–Crippen MR) is 143 cm³/mol. The van der Waals surface area contributed by atoms with Gasteiger partial charge in [0, 0.05) is 34.8 Å². The molecule has 0 amide bonds. The number of alkyl halides is 1. The number of H-pyrrole nitrogens is 1. The van der Waals surface area contributed by atoms with Crippen molar-refractivity contribution in [1.29, 1.82) is 0 Å². The standard InChI is InChI=1S/C27H18FN3O2S.CH3F.2F2/c28-23-11-6-10-22(27(32)33-19-8-2-1-3-9-19)26(23)34-20-13-14-21-24(30-31-25(21)17-20)15-12-18-7-4-5-16-29-18;3*1-2/h1-17H,(H,30,31);1H3;;/b15-12+;;;. The number of carbonyl (C=O) groups excluding carboxylic acids is 1. The van der Waals surface area contributed by atoms with Gasteiger partial charge in [0.15, 0.2) is 0 Å². The van der Waals surface area contributed by atoms with Crippen LogP contribution in [0.1, 0.15) is 21.7 Å². The maximum atomic E-state index is 14.8. The fourth-order valence-corrected chi connectivity index (χ4v) is 4.37. The van der Waals surface area contributed by atoms with Gasteiger partial charge in [0.05, 0.1) is 34.5 Å². The first-order valence-electron chi connectivity index (χ1n) is 11.1. The summed E-state index contributed by atoms with van der Waals surface area (Å²) in [5.74, 6) is -0.702. The van der Waals surface area contributed by atoms with Gasteiger partial charge in [-0.2, -0.15) is 5.10 Å². The molecule has 0 aliphatic heterocycles. The first kappa shape index (κ1) is 31.6. The van der Waals surface area contributed by atoms with Crippen molar-refractivity contribution in [3.05, 3.63) is 114 Å². The van der Waals surface area contributed by atoms with E-state index in [1.807, 2.05) is 54.6 Å². The van der Waals surface area contributed by atoms with E-state index >= 15 is 0 Å². The zero-order valence-electron chi connectivity index (χ0n) is 20.7. The summed E-state index contributed by atoms with van der Waals surface area (Å²) >= 11 is 1.16. The fraction of sp³-hybridized carbons (Fsp3) is 0.0357. The molecule has 12 heteroatoms.